The van der Waals surface area contributed by atoms with Gasteiger partial charge in [-0.3, -0.25) is 9.88 Å². The average molecular weight is 438 g/mol. The third-order valence-corrected chi connectivity index (χ3v) is 6.75. The van der Waals surface area contributed by atoms with Crippen molar-refractivity contribution in [2.24, 2.45) is 0 Å². The Morgan fingerprint density at radius 2 is 1.91 bits per heavy atom. The van der Waals surface area contributed by atoms with Crippen LogP contribution >= 0.6 is 0 Å². The maximum absolute atomic E-state index is 6.24. The third kappa shape index (κ3) is 3.04. The number of nitrogens with zero attached hydrogens (tertiary/aromatic N) is 7. The highest BCUT2D eigenvalue weighted by molar-refractivity contribution is 5.78. The van der Waals surface area contributed by atoms with Gasteiger partial charge in [0.2, 0.25) is 11.8 Å². The minimum Gasteiger partial charge on any atom is -0.461 e. The van der Waals surface area contributed by atoms with Gasteiger partial charge >= 0.3 is 0 Å². The van der Waals surface area contributed by atoms with E-state index in [1.54, 1.807) is 10.8 Å². The van der Waals surface area contributed by atoms with E-state index in [0.717, 1.165) is 43.1 Å². The minimum atomic E-state index is 0.327. The van der Waals surface area contributed by atoms with Crippen LogP contribution in [-0.4, -0.2) is 54.6 Å². The van der Waals surface area contributed by atoms with Crippen LogP contribution in [-0.2, 0) is 6.54 Å². The molecule has 6 heterocycles. The van der Waals surface area contributed by atoms with Gasteiger partial charge < -0.3 is 15.1 Å². The number of nitrogen functional groups attached to an aromatic ring is 1. The molecule has 0 radical (unpaired) electrons. The molecule has 0 aliphatic carbocycles. The Morgan fingerprint density at radius 3 is 2.76 bits per heavy atom. The fraction of sp³-hybridized carbons (Fsp3) is 0.250. The van der Waals surface area contributed by atoms with Gasteiger partial charge in [0, 0.05) is 43.2 Å². The molecule has 2 aliphatic rings. The molecule has 0 saturated carbocycles. The minimum absolute atomic E-state index is 0.327. The maximum Gasteiger partial charge on any atom is 0.225 e. The first-order valence-corrected chi connectivity index (χ1v) is 11.1. The second kappa shape index (κ2) is 7.01. The highest BCUT2D eigenvalue weighted by atomic mass is 16.3. The van der Waals surface area contributed by atoms with Crippen LogP contribution in [0.5, 0.6) is 0 Å². The summed E-state index contributed by atoms with van der Waals surface area (Å²) in [6, 6.07) is 19.0. The van der Waals surface area contributed by atoms with E-state index in [2.05, 4.69) is 49.1 Å². The van der Waals surface area contributed by atoms with E-state index >= 15 is 0 Å². The van der Waals surface area contributed by atoms with E-state index < -0.39 is 0 Å². The van der Waals surface area contributed by atoms with Crippen molar-refractivity contribution in [3.05, 3.63) is 66.6 Å². The molecule has 164 valence electrons. The van der Waals surface area contributed by atoms with E-state index in [9.17, 15) is 0 Å². The summed E-state index contributed by atoms with van der Waals surface area (Å²) in [4.78, 5) is 19.0. The van der Waals surface area contributed by atoms with E-state index in [-0.39, 0.29) is 0 Å². The number of rotatable bonds is 4. The highest BCUT2D eigenvalue weighted by Crippen LogP contribution is 2.35. The first kappa shape index (κ1) is 18.6. The van der Waals surface area contributed by atoms with Crippen LogP contribution in [0.15, 0.2) is 65.3 Å². The Kier molecular flexibility index (Phi) is 3.95. The summed E-state index contributed by atoms with van der Waals surface area (Å²) in [6.45, 7) is 2.77. The zero-order chi connectivity index (χ0) is 21.9. The molecule has 2 unspecified atom stereocenters. The number of benzene rings is 1. The number of likely N-dealkylation sites (tertiary alicyclic amines) is 1. The number of anilines is 2. The van der Waals surface area contributed by atoms with Crippen LogP contribution in [0, 0.1) is 0 Å². The molecule has 5 aromatic rings. The van der Waals surface area contributed by atoms with Gasteiger partial charge in [0.05, 0.1) is 17.5 Å². The van der Waals surface area contributed by atoms with Gasteiger partial charge in [-0.05, 0) is 30.7 Å². The zero-order valence-electron chi connectivity index (χ0n) is 17.9. The van der Waals surface area contributed by atoms with Crippen LogP contribution in [0.25, 0.3) is 28.1 Å². The molecule has 0 amide bonds. The normalized spacial score (nSPS) is 20.4. The Morgan fingerprint density at radius 1 is 0.970 bits per heavy atom. The molecule has 2 N–H and O–H groups in total. The lowest BCUT2D eigenvalue weighted by Gasteiger charge is -2.34. The molecule has 2 fully saturated rings. The zero-order valence-corrected chi connectivity index (χ0v) is 17.9. The van der Waals surface area contributed by atoms with Gasteiger partial charge in [0.15, 0.2) is 11.4 Å². The molecule has 2 atom stereocenters. The Bertz CT molecular complexity index is 1480. The Hall–Kier alpha value is -3.98. The Labute approximate surface area is 189 Å². The van der Waals surface area contributed by atoms with Crippen molar-refractivity contribution in [2.45, 2.75) is 25.0 Å². The predicted octanol–water partition coefficient (Wildman–Crippen LogP) is 2.98. The molecule has 9 heteroatoms. The molecule has 9 nitrogen and oxygen atoms in total. The van der Waals surface area contributed by atoms with Crippen molar-refractivity contribution in [1.82, 2.24) is 29.5 Å². The number of furan rings is 1. The third-order valence-electron chi connectivity index (χ3n) is 6.75. The van der Waals surface area contributed by atoms with Crippen molar-refractivity contribution >= 4 is 28.3 Å². The fourth-order valence-electron chi connectivity index (χ4n) is 5.18. The second-order valence-electron chi connectivity index (χ2n) is 8.78. The molecular formula is C24H22N8O. The summed E-state index contributed by atoms with van der Waals surface area (Å²) in [7, 11) is 0. The van der Waals surface area contributed by atoms with E-state index in [1.165, 1.54) is 5.39 Å². The Balaban J connectivity index is 1.12. The number of nitrogens with two attached hydrogens (primary N) is 1. The lowest BCUT2D eigenvalue weighted by molar-refractivity contribution is 0.227. The van der Waals surface area contributed by atoms with Crippen molar-refractivity contribution in [1.29, 1.82) is 0 Å². The molecule has 7 rings (SSSR count). The van der Waals surface area contributed by atoms with Gasteiger partial charge in [0.25, 0.3) is 0 Å². The van der Waals surface area contributed by atoms with Crippen LogP contribution in [0.2, 0.25) is 0 Å². The lowest BCUT2D eigenvalue weighted by atomic mass is 10.2. The van der Waals surface area contributed by atoms with Crippen LogP contribution in [0.1, 0.15) is 12.1 Å². The number of hydrogen-bond acceptors (Lipinski definition) is 8. The second-order valence-corrected chi connectivity index (χ2v) is 8.78. The van der Waals surface area contributed by atoms with Crippen molar-refractivity contribution in [3.8, 4) is 11.6 Å². The topological polar surface area (TPSA) is 102 Å². The van der Waals surface area contributed by atoms with E-state index in [0.29, 0.717) is 35.3 Å². The summed E-state index contributed by atoms with van der Waals surface area (Å²) in [5, 5.41) is 5.62. The molecule has 1 aromatic carbocycles. The lowest BCUT2D eigenvalue weighted by Crippen LogP contribution is -2.46. The molecule has 2 aliphatic heterocycles. The number of hydrogen-bond donors (Lipinski definition) is 1. The van der Waals surface area contributed by atoms with Gasteiger partial charge in [-0.15, -0.1) is 5.10 Å². The average Bonchev–Trinajstić information content (AvgIpc) is 3.62. The standard InChI is InChI=1S/C24H22N8O/c25-24-28-21(11-22-27-23(29-32(22)24)20-6-3-9-33-20)31-14-17-10-18(31)13-30(17)12-16-8-7-15-4-1-2-5-19(15)26-16/h1-9,11,17-18H,10,12-14H2,(H2,25,28). The predicted molar refractivity (Wildman–Crippen MR) is 125 cm³/mol. The quantitative estimate of drug-likeness (QED) is 0.457. The van der Waals surface area contributed by atoms with Crippen LogP contribution < -0.4 is 10.6 Å². The van der Waals surface area contributed by atoms with Crippen molar-refractivity contribution in [2.75, 3.05) is 23.7 Å². The molecule has 2 bridgehead atoms. The molecule has 4 aromatic heterocycles. The number of aromatic nitrogens is 5. The molecule has 2 saturated heterocycles. The highest BCUT2D eigenvalue weighted by Gasteiger charge is 2.44. The maximum atomic E-state index is 6.24. The number of fused-ring (bicyclic) bond motifs is 4. The summed E-state index contributed by atoms with van der Waals surface area (Å²) in [5.41, 5.74) is 9.08. The first-order valence-electron chi connectivity index (χ1n) is 11.1. The smallest absolute Gasteiger partial charge is 0.225 e. The van der Waals surface area contributed by atoms with Crippen LogP contribution in [0.3, 0.4) is 0 Å². The first-order chi connectivity index (χ1) is 16.2. The van der Waals surface area contributed by atoms with Gasteiger partial charge in [-0.1, -0.05) is 24.3 Å². The number of pyridine rings is 1. The van der Waals surface area contributed by atoms with E-state index in [1.807, 2.05) is 30.3 Å². The van der Waals surface area contributed by atoms with E-state index in [4.69, 9.17) is 15.1 Å². The summed E-state index contributed by atoms with van der Waals surface area (Å²) < 4.78 is 6.99. The summed E-state index contributed by atoms with van der Waals surface area (Å²) in [6.07, 6.45) is 2.72. The van der Waals surface area contributed by atoms with Crippen LogP contribution in [0.4, 0.5) is 11.8 Å². The number of piperazine rings is 1. The molecule has 33 heavy (non-hydrogen) atoms. The SMILES string of the molecule is Nc1nc(N2CC3CC2CN3Cc2ccc3ccccc3n2)cc2nc(-c3ccco3)nn12. The van der Waals surface area contributed by atoms with Crippen molar-refractivity contribution < 1.29 is 4.42 Å². The molecule has 0 spiro atoms. The number of para-hydroxylation sites is 1. The monoisotopic (exact) mass is 438 g/mol. The summed E-state index contributed by atoms with van der Waals surface area (Å²) >= 11 is 0. The molecular weight excluding hydrogens is 416 g/mol. The van der Waals surface area contributed by atoms with Gasteiger partial charge in [-0.2, -0.15) is 9.50 Å². The summed E-state index contributed by atoms with van der Waals surface area (Å²) in [5.74, 6) is 2.29. The largest absolute Gasteiger partial charge is 0.461 e. The van der Waals surface area contributed by atoms with Crippen molar-refractivity contribution in [3.63, 3.8) is 0 Å². The van der Waals surface area contributed by atoms with Gasteiger partial charge in [-0.25, -0.2) is 4.98 Å². The fourth-order valence-corrected chi connectivity index (χ4v) is 5.18. The van der Waals surface area contributed by atoms with Gasteiger partial charge in [0.1, 0.15) is 5.82 Å².